The molecule has 7 nitrogen and oxygen atoms in total. The van der Waals surface area contributed by atoms with Gasteiger partial charge in [0.05, 0.1) is 10.9 Å². The molecule has 1 saturated heterocycles. The van der Waals surface area contributed by atoms with Gasteiger partial charge in [-0.15, -0.1) is 0 Å². The third-order valence-electron chi connectivity index (χ3n) is 5.86. The molecule has 33 heavy (non-hydrogen) atoms. The fourth-order valence-electron chi connectivity index (χ4n) is 4.12. The number of nitrogens with one attached hydrogen (secondary N) is 2. The van der Waals surface area contributed by atoms with Gasteiger partial charge in [0.25, 0.3) is 11.8 Å². The highest BCUT2D eigenvalue weighted by molar-refractivity contribution is 5.99. The number of alkyl halides is 2. The predicted molar refractivity (Wildman–Crippen MR) is 124 cm³/mol. The van der Waals surface area contributed by atoms with E-state index in [0.717, 1.165) is 11.1 Å². The third kappa shape index (κ3) is 4.98. The molecule has 2 heterocycles. The molecule has 1 amide bonds. The third-order valence-corrected chi connectivity index (χ3v) is 5.86. The second-order valence-corrected chi connectivity index (χ2v) is 8.29. The van der Waals surface area contributed by atoms with E-state index < -0.39 is 11.8 Å². The van der Waals surface area contributed by atoms with Crippen molar-refractivity contribution in [2.75, 3.05) is 29.9 Å². The van der Waals surface area contributed by atoms with Gasteiger partial charge >= 0.3 is 0 Å². The number of amides is 1. The molecule has 0 saturated carbocycles. The summed E-state index contributed by atoms with van der Waals surface area (Å²) in [5, 5.41) is 3.69. The molecule has 1 aliphatic heterocycles. The fourth-order valence-corrected chi connectivity index (χ4v) is 4.12. The van der Waals surface area contributed by atoms with E-state index in [1.807, 2.05) is 19.1 Å². The minimum Gasteiger partial charge on any atom is -0.440 e. The number of hydrazine groups is 1. The van der Waals surface area contributed by atoms with E-state index in [1.54, 1.807) is 29.2 Å². The van der Waals surface area contributed by atoms with Crippen molar-refractivity contribution in [2.45, 2.75) is 32.1 Å². The topological polar surface area (TPSA) is 101 Å². The smallest absolute Gasteiger partial charge is 0.267 e. The van der Waals surface area contributed by atoms with Crippen molar-refractivity contribution in [1.29, 1.82) is 0 Å². The lowest BCUT2D eigenvalue weighted by Gasteiger charge is -2.32. The first kappa shape index (κ1) is 22.7. The van der Waals surface area contributed by atoms with E-state index >= 15 is 0 Å². The molecule has 1 fully saturated rings. The van der Waals surface area contributed by atoms with Gasteiger partial charge in [-0.05, 0) is 42.7 Å². The Balaban J connectivity index is 1.59. The number of nitrogen functional groups attached to an aromatic ring is 1. The monoisotopic (exact) mass is 456 g/mol. The maximum atomic E-state index is 13.6. The maximum Gasteiger partial charge on any atom is 0.267 e. The largest absolute Gasteiger partial charge is 0.440 e. The number of fused-ring (bicyclic) bond motifs is 1. The number of hydrogen-bond acceptors (Lipinski definition) is 6. The second-order valence-electron chi connectivity index (χ2n) is 8.29. The zero-order chi connectivity index (χ0) is 23.6. The minimum absolute atomic E-state index is 0.129. The number of carbonyl (C=O) groups excluding carboxylic acids is 1. The number of hydrogen-bond donors (Lipinski definition) is 3. The van der Waals surface area contributed by atoms with Crippen LogP contribution in [-0.4, -0.2) is 31.5 Å². The van der Waals surface area contributed by atoms with Gasteiger partial charge in [-0.3, -0.25) is 15.0 Å². The van der Waals surface area contributed by atoms with Crippen LogP contribution in [0, 0.1) is 6.92 Å². The molecule has 4 N–H and O–H groups in total. The average Bonchev–Trinajstić information content (AvgIpc) is 2.79. The van der Waals surface area contributed by atoms with Crippen molar-refractivity contribution in [2.24, 2.45) is 5.84 Å². The molecule has 4 rings (SSSR count). The molecule has 0 bridgehead atoms. The first-order chi connectivity index (χ1) is 15.8. The number of benzene rings is 2. The van der Waals surface area contributed by atoms with Gasteiger partial charge in [0.15, 0.2) is 11.3 Å². The number of para-hydroxylation sites is 1. The lowest BCUT2D eigenvalue weighted by Crippen LogP contribution is -2.39. The highest BCUT2D eigenvalue weighted by Crippen LogP contribution is 2.32. The van der Waals surface area contributed by atoms with Gasteiger partial charge in [0.1, 0.15) is 5.58 Å². The summed E-state index contributed by atoms with van der Waals surface area (Å²) >= 11 is 0. The van der Waals surface area contributed by atoms with Crippen LogP contribution >= 0.6 is 0 Å². The molecular weight excluding hydrogens is 430 g/mol. The van der Waals surface area contributed by atoms with E-state index in [-0.39, 0.29) is 31.4 Å². The summed E-state index contributed by atoms with van der Waals surface area (Å²) < 4.78 is 33.2. The van der Waals surface area contributed by atoms with Gasteiger partial charge in [0.2, 0.25) is 0 Å². The summed E-state index contributed by atoms with van der Waals surface area (Å²) in [6, 6.07) is 12.1. The van der Waals surface area contributed by atoms with Crippen LogP contribution in [0.4, 0.5) is 20.4 Å². The summed E-state index contributed by atoms with van der Waals surface area (Å²) in [6.07, 6.45) is -0.0222. The van der Waals surface area contributed by atoms with E-state index in [2.05, 4.69) is 10.7 Å². The highest BCUT2D eigenvalue weighted by Gasteiger charge is 2.34. The summed E-state index contributed by atoms with van der Waals surface area (Å²) in [5.41, 5.74) is 5.17. The number of piperidine rings is 1. The van der Waals surface area contributed by atoms with Crippen LogP contribution in [0.1, 0.15) is 34.3 Å². The van der Waals surface area contributed by atoms with Crippen molar-refractivity contribution in [3.8, 4) is 0 Å². The van der Waals surface area contributed by atoms with Crippen LogP contribution in [-0.2, 0) is 6.42 Å². The molecule has 2 aromatic carbocycles. The van der Waals surface area contributed by atoms with Crippen LogP contribution < -0.4 is 26.9 Å². The second kappa shape index (κ2) is 9.19. The van der Waals surface area contributed by atoms with Crippen molar-refractivity contribution < 1.29 is 18.0 Å². The van der Waals surface area contributed by atoms with Crippen molar-refractivity contribution >= 4 is 28.4 Å². The minimum atomic E-state index is -2.68. The Morgan fingerprint density at radius 1 is 1.18 bits per heavy atom. The number of carbonyl (C=O) groups is 1. The molecule has 0 unspecified atom stereocenters. The van der Waals surface area contributed by atoms with Crippen LogP contribution in [0.15, 0.2) is 51.7 Å². The average molecular weight is 456 g/mol. The number of rotatable bonds is 6. The Morgan fingerprint density at radius 2 is 1.91 bits per heavy atom. The van der Waals surface area contributed by atoms with Gasteiger partial charge < -0.3 is 14.6 Å². The summed E-state index contributed by atoms with van der Waals surface area (Å²) in [6.45, 7) is 2.63. The molecule has 1 aromatic heterocycles. The Morgan fingerprint density at radius 3 is 2.64 bits per heavy atom. The normalized spacial score (nSPS) is 15.5. The van der Waals surface area contributed by atoms with Crippen LogP contribution in [0.2, 0.25) is 0 Å². The molecule has 9 heteroatoms. The number of nitrogens with two attached hydrogens (primary N) is 1. The predicted octanol–water partition coefficient (Wildman–Crippen LogP) is 3.60. The quantitative estimate of drug-likeness (QED) is 0.298. The number of halogens is 2. The zero-order valence-electron chi connectivity index (χ0n) is 18.3. The van der Waals surface area contributed by atoms with Crippen LogP contribution in [0.5, 0.6) is 0 Å². The summed E-state index contributed by atoms with van der Waals surface area (Å²) in [7, 11) is 0. The molecular formula is C24H26F2N4O3. The van der Waals surface area contributed by atoms with Crippen LogP contribution in [0.25, 0.3) is 11.0 Å². The zero-order valence-corrected chi connectivity index (χ0v) is 18.3. The Hall–Kier alpha value is -3.46. The maximum absolute atomic E-state index is 13.6. The van der Waals surface area contributed by atoms with Crippen LogP contribution in [0.3, 0.4) is 0 Å². The highest BCUT2D eigenvalue weighted by atomic mass is 19.3. The van der Waals surface area contributed by atoms with Crippen molar-refractivity contribution in [3.63, 3.8) is 0 Å². The Bertz CT molecular complexity index is 1230. The van der Waals surface area contributed by atoms with E-state index in [9.17, 15) is 18.4 Å². The van der Waals surface area contributed by atoms with E-state index in [4.69, 9.17) is 10.3 Å². The molecule has 0 radical (unpaired) electrons. The molecule has 3 aromatic rings. The summed E-state index contributed by atoms with van der Waals surface area (Å²) in [4.78, 5) is 26.5. The van der Waals surface area contributed by atoms with Gasteiger partial charge in [-0.25, -0.2) is 14.6 Å². The number of aryl methyl sites for hydroxylation is 1. The standard InChI is InChI=1S/C24H26F2N4O3/c1-15-12-16(6-9-28-19-5-3-2-4-17(19)23(32)29-27)22-18(13-15)20(31)14-21(33-22)30-10-7-24(25,26)8-11-30/h2-5,12-14,28H,6-11,27H2,1H3,(H,29,32). The molecule has 174 valence electrons. The molecule has 1 aliphatic rings. The molecule has 0 spiro atoms. The van der Waals surface area contributed by atoms with Gasteiger partial charge in [0, 0.05) is 44.2 Å². The lowest BCUT2D eigenvalue weighted by molar-refractivity contribution is -0.0225. The lowest BCUT2D eigenvalue weighted by atomic mass is 10.0. The SMILES string of the molecule is Cc1cc(CCNc2ccccc2C(=O)NN)c2oc(N3CCC(F)(F)CC3)cc(=O)c2c1. The first-order valence-corrected chi connectivity index (χ1v) is 10.8. The molecule has 0 aliphatic carbocycles. The number of anilines is 2. The Labute approximate surface area is 189 Å². The number of nitrogens with zero attached hydrogens (tertiary/aromatic N) is 1. The van der Waals surface area contributed by atoms with Gasteiger partial charge in [-0.1, -0.05) is 18.2 Å². The van der Waals surface area contributed by atoms with Crippen molar-refractivity contribution in [1.82, 2.24) is 5.43 Å². The van der Waals surface area contributed by atoms with Crippen molar-refractivity contribution in [3.05, 3.63) is 69.4 Å². The molecule has 0 atom stereocenters. The van der Waals surface area contributed by atoms with Gasteiger partial charge in [-0.2, -0.15) is 0 Å². The first-order valence-electron chi connectivity index (χ1n) is 10.8. The fraction of sp³-hybridized carbons (Fsp3) is 0.333. The summed E-state index contributed by atoms with van der Waals surface area (Å²) in [5.74, 6) is 2.49. The van der Waals surface area contributed by atoms with E-state index in [0.29, 0.717) is 41.1 Å². The Kier molecular flexibility index (Phi) is 6.33. The van der Waals surface area contributed by atoms with E-state index in [1.165, 1.54) is 6.07 Å².